The lowest BCUT2D eigenvalue weighted by atomic mass is 9.87. The van der Waals surface area contributed by atoms with Gasteiger partial charge >= 0.3 is 41.8 Å². The molecule has 22 heteroatoms. The number of esters is 2. The zero-order valence-electron chi connectivity index (χ0n) is 34.7. The van der Waals surface area contributed by atoms with Crippen LogP contribution in [0.1, 0.15) is 67.2 Å². The number of methoxy groups -OCH3 is 4. The van der Waals surface area contributed by atoms with Gasteiger partial charge < -0.3 is 72.9 Å². The van der Waals surface area contributed by atoms with Crippen LogP contribution in [0.5, 0.6) is 0 Å². The number of carboxylic acid groups (broad SMARTS) is 5. The van der Waals surface area contributed by atoms with Gasteiger partial charge in [-0.25, -0.2) is 0 Å². The number of aliphatic carboxylic acids is 5. The molecule has 0 radical (unpaired) electrons. The van der Waals surface area contributed by atoms with Crippen LogP contribution in [0.4, 0.5) is 0 Å². The second kappa shape index (κ2) is 35.2. The maximum Gasteiger partial charge on any atom is 0.323 e. The van der Waals surface area contributed by atoms with Gasteiger partial charge in [0.15, 0.2) is 16.2 Å². The first-order chi connectivity index (χ1) is 26.6. The van der Waals surface area contributed by atoms with Crippen LogP contribution >= 0.6 is 0 Å². The molecule has 0 aromatic rings. The summed E-state index contributed by atoms with van der Waals surface area (Å²) in [6.07, 6.45) is 0.523. The van der Waals surface area contributed by atoms with Crippen molar-refractivity contribution in [3.05, 3.63) is 0 Å². The number of hydrogen-bond acceptors (Lipinski definition) is 17. The predicted molar refractivity (Wildman–Crippen MR) is 195 cm³/mol. The quantitative estimate of drug-likeness (QED) is 0.0312. The van der Waals surface area contributed by atoms with Gasteiger partial charge in [0.1, 0.15) is 27.2 Å². The summed E-state index contributed by atoms with van der Waals surface area (Å²) in [5, 5.41) is 43.2. The zero-order valence-corrected chi connectivity index (χ0v) is 34.7. The summed E-state index contributed by atoms with van der Waals surface area (Å²) in [5.74, 6) is -7.79. The fourth-order valence-electron chi connectivity index (χ4n) is 3.26. The zero-order chi connectivity index (χ0) is 45.1. The molecule has 0 aromatic carbocycles. The van der Waals surface area contributed by atoms with Crippen LogP contribution in [-0.2, 0) is 80.9 Å². The average molecular weight is 837 g/mol. The monoisotopic (exact) mass is 836 g/mol. The smallest absolute Gasteiger partial charge is 0.323 e. The lowest BCUT2D eigenvalue weighted by Gasteiger charge is -2.24. The molecule has 0 aromatic heterocycles. The van der Waals surface area contributed by atoms with Crippen LogP contribution < -0.4 is 0 Å². The number of carbonyl (C=O) groups excluding carboxylic acids is 2. The highest BCUT2D eigenvalue weighted by molar-refractivity contribution is 5.99. The predicted octanol–water partition coefficient (Wildman–Crippen LogP) is 2.19. The Kier molecular flexibility index (Phi) is 36.8. The molecular formula is C35H64O22. The van der Waals surface area contributed by atoms with E-state index in [0.29, 0.717) is 13.0 Å². The molecule has 336 valence electrons. The molecule has 0 aliphatic rings. The van der Waals surface area contributed by atoms with Crippen molar-refractivity contribution in [1.82, 2.24) is 0 Å². The third-order valence-electron chi connectivity index (χ3n) is 7.50. The Morgan fingerprint density at radius 1 is 0.474 bits per heavy atom. The van der Waals surface area contributed by atoms with Crippen molar-refractivity contribution in [2.24, 2.45) is 22.2 Å². The van der Waals surface area contributed by atoms with Gasteiger partial charge in [0.25, 0.3) is 0 Å². The summed E-state index contributed by atoms with van der Waals surface area (Å²) in [6.45, 7) is 10.3. The molecule has 1 unspecified atom stereocenters. The summed E-state index contributed by atoms with van der Waals surface area (Å²) < 4.78 is 47.9. The molecule has 0 aliphatic carbocycles. The first-order valence-corrected chi connectivity index (χ1v) is 17.4. The molecule has 0 aliphatic heterocycles. The van der Waals surface area contributed by atoms with Gasteiger partial charge in [-0.15, -0.1) is 0 Å². The summed E-state index contributed by atoms with van der Waals surface area (Å²) in [6, 6.07) is 0. The minimum Gasteiger partial charge on any atom is -0.481 e. The van der Waals surface area contributed by atoms with Gasteiger partial charge in [0.2, 0.25) is 0 Å². The normalized spacial score (nSPS) is 11.5. The fraction of sp³-hybridized carbons (Fsp3) is 0.800. The van der Waals surface area contributed by atoms with E-state index in [1.165, 1.54) is 35.4 Å². The minimum atomic E-state index is -1.80. The Balaban J connectivity index is -0.000000333. The highest BCUT2D eigenvalue weighted by atomic mass is 16.7. The van der Waals surface area contributed by atoms with E-state index in [0.717, 1.165) is 13.8 Å². The standard InChI is InChI=1S/C12H22O6.2C8H14O6.C7H14O4/c1-5-17-10(13)12(3,11(14)18-6-2)7-8-16-9-15-4;2*1-8(6(9)10,7(11)12)3-4-14-5-13-2;1-6(7(8)9)3-4-11-5-10-2/h5-9H2,1-4H3;2*3-5H2,1-2H3,(H,9,10)(H,11,12);6H,3-5H2,1-2H3,(H,8,9). The largest absolute Gasteiger partial charge is 0.481 e. The first kappa shape index (κ1) is 59.7. The van der Waals surface area contributed by atoms with Crippen LogP contribution in [0.2, 0.25) is 0 Å². The van der Waals surface area contributed by atoms with Crippen molar-refractivity contribution in [2.75, 3.05) is 95.3 Å². The fourth-order valence-corrected chi connectivity index (χ4v) is 3.26. The summed E-state index contributed by atoms with van der Waals surface area (Å²) in [7, 11) is 5.87. The van der Waals surface area contributed by atoms with Crippen molar-refractivity contribution in [3.63, 3.8) is 0 Å². The molecule has 0 saturated heterocycles. The first-order valence-electron chi connectivity index (χ1n) is 17.4. The Morgan fingerprint density at radius 2 is 0.737 bits per heavy atom. The number of carboxylic acids is 5. The van der Waals surface area contributed by atoms with Crippen molar-refractivity contribution in [2.45, 2.75) is 67.2 Å². The Morgan fingerprint density at radius 3 is 0.965 bits per heavy atom. The Labute approximate surface area is 332 Å². The van der Waals surface area contributed by atoms with Crippen LogP contribution in [-0.4, -0.2) is 163 Å². The number of hydrogen-bond donors (Lipinski definition) is 5. The molecule has 5 N–H and O–H groups in total. The van der Waals surface area contributed by atoms with Gasteiger partial charge in [-0.1, -0.05) is 6.92 Å². The van der Waals surface area contributed by atoms with E-state index in [9.17, 15) is 33.6 Å². The van der Waals surface area contributed by atoms with E-state index in [2.05, 4.69) is 14.2 Å². The molecule has 0 heterocycles. The van der Waals surface area contributed by atoms with Gasteiger partial charge in [-0.05, 0) is 60.3 Å². The van der Waals surface area contributed by atoms with Crippen LogP contribution in [0.15, 0.2) is 0 Å². The van der Waals surface area contributed by atoms with Gasteiger partial charge in [0, 0.05) is 28.4 Å². The second-order valence-corrected chi connectivity index (χ2v) is 12.2. The molecule has 0 bridgehead atoms. The maximum atomic E-state index is 11.8. The van der Waals surface area contributed by atoms with E-state index >= 15 is 0 Å². The van der Waals surface area contributed by atoms with Crippen LogP contribution in [0.25, 0.3) is 0 Å². The van der Waals surface area contributed by atoms with E-state index in [1.54, 1.807) is 20.8 Å². The lowest BCUT2D eigenvalue weighted by Crippen LogP contribution is -2.40. The molecule has 0 saturated carbocycles. The van der Waals surface area contributed by atoms with E-state index < -0.39 is 58.0 Å². The van der Waals surface area contributed by atoms with E-state index in [1.807, 2.05) is 0 Å². The Hall–Kier alpha value is -4.03. The average Bonchev–Trinajstić information content (AvgIpc) is 3.15. The van der Waals surface area contributed by atoms with Crippen molar-refractivity contribution < 1.29 is 106 Å². The van der Waals surface area contributed by atoms with Gasteiger partial charge in [0.05, 0.1) is 45.6 Å². The number of carbonyl (C=O) groups is 7. The van der Waals surface area contributed by atoms with Crippen molar-refractivity contribution in [1.29, 1.82) is 0 Å². The van der Waals surface area contributed by atoms with E-state index in [-0.39, 0.29) is 85.4 Å². The highest BCUT2D eigenvalue weighted by Gasteiger charge is 2.44. The molecule has 22 nitrogen and oxygen atoms in total. The molecule has 0 rings (SSSR count). The van der Waals surface area contributed by atoms with Gasteiger partial charge in [-0.2, -0.15) is 0 Å². The van der Waals surface area contributed by atoms with Crippen LogP contribution in [0, 0.1) is 22.2 Å². The Bertz CT molecular complexity index is 1050. The topological polar surface area (TPSA) is 313 Å². The molecule has 0 fully saturated rings. The molecule has 57 heavy (non-hydrogen) atoms. The highest BCUT2D eigenvalue weighted by Crippen LogP contribution is 2.26. The molecular weight excluding hydrogens is 772 g/mol. The number of ether oxygens (including phenoxy) is 10. The summed E-state index contributed by atoms with van der Waals surface area (Å²) >= 11 is 0. The third-order valence-corrected chi connectivity index (χ3v) is 7.50. The van der Waals surface area contributed by atoms with Crippen molar-refractivity contribution in [3.8, 4) is 0 Å². The maximum absolute atomic E-state index is 11.8. The second-order valence-electron chi connectivity index (χ2n) is 12.2. The molecule has 0 amide bonds. The SMILES string of the molecule is CCOC(=O)C(C)(CCOCOC)C(=O)OCC.COCOCCC(C)(C(=O)O)C(=O)O.COCOCCC(C)(C(=O)O)C(=O)O.COCOCCC(C)C(=O)O. The van der Waals surface area contributed by atoms with Crippen LogP contribution in [0.3, 0.4) is 0 Å². The molecule has 1 atom stereocenters. The van der Waals surface area contributed by atoms with Crippen molar-refractivity contribution >= 4 is 41.8 Å². The lowest BCUT2D eigenvalue weighted by molar-refractivity contribution is -0.173. The number of rotatable bonds is 29. The summed E-state index contributed by atoms with van der Waals surface area (Å²) in [5.41, 5.74) is -4.93. The van der Waals surface area contributed by atoms with Gasteiger partial charge in [-0.3, -0.25) is 33.6 Å². The molecule has 0 spiro atoms. The van der Waals surface area contributed by atoms with E-state index in [4.69, 9.17) is 58.7 Å². The third kappa shape index (κ3) is 27.3. The summed E-state index contributed by atoms with van der Waals surface area (Å²) in [4.78, 5) is 76.6. The minimum absolute atomic E-state index is 0.0231.